The van der Waals surface area contributed by atoms with Gasteiger partial charge in [0.15, 0.2) is 0 Å². The van der Waals surface area contributed by atoms with Gasteiger partial charge in [-0.05, 0) is 44.0 Å². The third kappa shape index (κ3) is 3.64. The van der Waals surface area contributed by atoms with E-state index in [4.69, 9.17) is 4.74 Å². The highest BCUT2D eigenvalue weighted by atomic mass is 16.5. The number of anilines is 1. The van der Waals surface area contributed by atoms with Gasteiger partial charge in [0.2, 0.25) is 0 Å². The fraction of sp³-hybridized carbons (Fsp3) is 0.412. The molecule has 2 atom stereocenters. The predicted molar refractivity (Wildman–Crippen MR) is 83.3 cm³/mol. The Labute approximate surface area is 121 Å². The summed E-state index contributed by atoms with van der Waals surface area (Å²) in [6.45, 7) is 2.87. The summed E-state index contributed by atoms with van der Waals surface area (Å²) in [5.74, 6) is 0.867. The van der Waals surface area contributed by atoms with Crippen molar-refractivity contribution in [2.45, 2.75) is 31.9 Å². The standard InChI is InChI=1S/C17H23NO2/c1-3-4-5-6-15-13-16(19)11-12-18(15)14-7-9-17(20-2)10-8-14/h3-10,15-16,19H,11-13H2,1-2H3/b4-3+,6-5+/t15-,16+/m1/s1. The number of hydrogen-bond donors (Lipinski definition) is 1. The van der Waals surface area contributed by atoms with Gasteiger partial charge in [0.05, 0.1) is 19.3 Å². The van der Waals surface area contributed by atoms with E-state index in [0.717, 1.165) is 25.1 Å². The number of methoxy groups -OCH3 is 1. The molecule has 1 aliphatic rings. The smallest absolute Gasteiger partial charge is 0.119 e. The van der Waals surface area contributed by atoms with Crippen molar-refractivity contribution in [3.8, 4) is 5.75 Å². The zero-order valence-corrected chi connectivity index (χ0v) is 12.2. The van der Waals surface area contributed by atoms with Crippen molar-refractivity contribution in [1.29, 1.82) is 0 Å². The molecule has 1 heterocycles. The highest BCUT2D eigenvalue weighted by Gasteiger charge is 2.25. The van der Waals surface area contributed by atoms with Crippen LogP contribution >= 0.6 is 0 Å². The lowest BCUT2D eigenvalue weighted by molar-refractivity contribution is 0.135. The molecule has 0 bridgehead atoms. The van der Waals surface area contributed by atoms with Crippen LogP contribution in [-0.4, -0.2) is 30.9 Å². The second-order valence-corrected chi connectivity index (χ2v) is 5.05. The quantitative estimate of drug-likeness (QED) is 0.855. The molecule has 1 fully saturated rings. The Morgan fingerprint density at radius 1 is 1.25 bits per heavy atom. The summed E-state index contributed by atoms with van der Waals surface area (Å²) in [7, 11) is 1.68. The van der Waals surface area contributed by atoms with Crippen LogP contribution in [0.4, 0.5) is 5.69 Å². The molecule has 1 N–H and O–H groups in total. The summed E-state index contributed by atoms with van der Waals surface area (Å²) in [5, 5.41) is 9.88. The summed E-state index contributed by atoms with van der Waals surface area (Å²) in [6, 6.07) is 8.35. The lowest BCUT2D eigenvalue weighted by Crippen LogP contribution is -2.43. The topological polar surface area (TPSA) is 32.7 Å². The molecule has 1 saturated heterocycles. The first-order chi connectivity index (χ1) is 9.74. The largest absolute Gasteiger partial charge is 0.497 e. The van der Waals surface area contributed by atoms with Gasteiger partial charge in [-0.1, -0.05) is 24.3 Å². The number of ether oxygens (including phenoxy) is 1. The zero-order valence-electron chi connectivity index (χ0n) is 12.2. The minimum Gasteiger partial charge on any atom is -0.497 e. The molecule has 20 heavy (non-hydrogen) atoms. The van der Waals surface area contributed by atoms with E-state index in [9.17, 15) is 5.11 Å². The van der Waals surface area contributed by atoms with E-state index in [0.29, 0.717) is 0 Å². The summed E-state index contributed by atoms with van der Waals surface area (Å²) < 4.78 is 5.20. The normalized spacial score (nSPS) is 23.6. The number of nitrogens with zero attached hydrogens (tertiary/aromatic N) is 1. The maximum atomic E-state index is 9.88. The van der Waals surface area contributed by atoms with Crippen LogP contribution in [0.25, 0.3) is 0 Å². The molecular formula is C17H23NO2. The molecular weight excluding hydrogens is 250 g/mol. The van der Waals surface area contributed by atoms with Crippen LogP contribution in [0.15, 0.2) is 48.6 Å². The Kier molecular flexibility index (Phi) is 5.24. The van der Waals surface area contributed by atoms with Gasteiger partial charge in [-0.2, -0.15) is 0 Å². The molecule has 0 aromatic heterocycles. The number of aliphatic hydroxyl groups is 1. The monoisotopic (exact) mass is 273 g/mol. The molecule has 108 valence electrons. The van der Waals surface area contributed by atoms with Gasteiger partial charge in [0.1, 0.15) is 5.75 Å². The second kappa shape index (κ2) is 7.15. The van der Waals surface area contributed by atoms with E-state index in [1.807, 2.05) is 31.2 Å². The Morgan fingerprint density at radius 2 is 2.00 bits per heavy atom. The summed E-state index contributed by atoms with van der Waals surface area (Å²) in [6.07, 6.45) is 9.64. The lowest BCUT2D eigenvalue weighted by atomic mass is 9.98. The number of allylic oxidation sites excluding steroid dienone is 3. The average Bonchev–Trinajstić information content (AvgIpc) is 2.48. The van der Waals surface area contributed by atoms with Crippen molar-refractivity contribution in [3.05, 3.63) is 48.6 Å². The maximum Gasteiger partial charge on any atom is 0.119 e. The number of piperidine rings is 1. The van der Waals surface area contributed by atoms with Crippen molar-refractivity contribution in [2.24, 2.45) is 0 Å². The van der Waals surface area contributed by atoms with Crippen molar-refractivity contribution in [2.75, 3.05) is 18.6 Å². The minimum absolute atomic E-state index is 0.204. The fourth-order valence-electron chi connectivity index (χ4n) is 2.56. The van der Waals surface area contributed by atoms with Crippen molar-refractivity contribution < 1.29 is 9.84 Å². The van der Waals surface area contributed by atoms with Crippen molar-refractivity contribution in [3.63, 3.8) is 0 Å². The Morgan fingerprint density at radius 3 is 2.65 bits per heavy atom. The number of hydrogen-bond acceptors (Lipinski definition) is 3. The van der Waals surface area contributed by atoms with Crippen LogP contribution in [0.5, 0.6) is 5.75 Å². The SMILES string of the molecule is C/C=C/C=C/[C@@H]1C[C@@H](O)CCN1c1ccc(OC)cc1. The van der Waals surface area contributed by atoms with Gasteiger partial charge >= 0.3 is 0 Å². The fourth-order valence-corrected chi connectivity index (χ4v) is 2.56. The summed E-state index contributed by atoms with van der Waals surface area (Å²) in [4.78, 5) is 2.34. The third-order valence-electron chi connectivity index (χ3n) is 3.66. The predicted octanol–water partition coefficient (Wildman–Crippen LogP) is 3.16. The zero-order chi connectivity index (χ0) is 14.4. The van der Waals surface area contributed by atoms with E-state index >= 15 is 0 Å². The first-order valence-electron chi connectivity index (χ1n) is 7.13. The van der Waals surface area contributed by atoms with Crippen molar-refractivity contribution in [1.82, 2.24) is 0 Å². The third-order valence-corrected chi connectivity index (χ3v) is 3.66. The van der Waals surface area contributed by atoms with Gasteiger partial charge in [0.25, 0.3) is 0 Å². The molecule has 1 aromatic carbocycles. The van der Waals surface area contributed by atoms with E-state index in [-0.39, 0.29) is 12.1 Å². The van der Waals surface area contributed by atoms with Crippen molar-refractivity contribution >= 4 is 5.69 Å². The molecule has 1 aromatic rings. The van der Waals surface area contributed by atoms with Crippen LogP contribution in [0.1, 0.15) is 19.8 Å². The molecule has 3 heteroatoms. The van der Waals surface area contributed by atoms with Gasteiger partial charge < -0.3 is 14.7 Å². The highest BCUT2D eigenvalue weighted by molar-refractivity contribution is 5.51. The van der Waals surface area contributed by atoms with Gasteiger partial charge in [0, 0.05) is 12.2 Å². The maximum absolute atomic E-state index is 9.88. The highest BCUT2D eigenvalue weighted by Crippen LogP contribution is 2.27. The van der Waals surface area contributed by atoms with E-state index < -0.39 is 0 Å². The second-order valence-electron chi connectivity index (χ2n) is 5.05. The van der Waals surface area contributed by atoms with Gasteiger partial charge in [-0.15, -0.1) is 0 Å². The molecule has 3 nitrogen and oxygen atoms in total. The first-order valence-corrected chi connectivity index (χ1v) is 7.13. The number of rotatable bonds is 4. The number of aliphatic hydroxyl groups excluding tert-OH is 1. The first kappa shape index (κ1) is 14.7. The number of benzene rings is 1. The molecule has 0 saturated carbocycles. The average molecular weight is 273 g/mol. The lowest BCUT2D eigenvalue weighted by Gasteiger charge is -2.38. The summed E-state index contributed by atoms with van der Waals surface area (Å²) >= 11 is 0. The molecule has 1 aliphatic heterocycles. The van der Waals surface area contributed by atoms with Gasteiger partial charge in [-0.3, -0.25) is 0 Å². The van der Waals surface area contributed by atoms with Gasteiger partial charge in [-0.25, -0.2) is 0 Å². The minimum atomic E-state index is -0.204. The van der Waals surface area contributed by atoms with Crippen LogP contribution in [-0.2, 0) is 0 Å². The van der Waals surface area contributed by atoms with Crippen LogP contribution < -0.4 is 9.64 Å². The molecule has 0 unspecified atom stereocenters. The van der Waals surface area contributed by atoms with E-state index in [1.54, 1.807) is 7.11 Å². The van der Waals surface area contributed by atoms with E-state index in [1.165, 1.54) is 5.69 Å². The molecule has 0 spiro atoms. The molecule has 0 radical (unpaired) electrons. The Hall–Kier alpha value is -1.74. The van der Waals surface area contributed by atoms with Crippen LogP contribution in [0, 0.1) is 0 Å². The van der Waals surface area contributed by atoms with E-state index in [2.05, 4.69) is 29.2 Å². The molecule has 2 rings (SSSR count). The Balaban J connectivity index is 2.16. The van der Waals surface area contributed by atoms with Crippen LogP contribution in [0.3, 0.4) is 0 Å². The Bertz CT molecular complexity index is 464. The van der Waals surface area contributed by atoms with Crippen LogP contribution in [0.2, 0.25) is 0 Å². The molecule has 0 amide bonds. The summed E-state index contributed by atoms with van der Waals surface area (Å²) in [5.41, 5.74) is 1.17. The molecule has 0 aliphatic carbocycles.